The maximum absolute atomic E-state index is 13.7. The van der Waals surface area contributed by atoms with Gasteiger partial charge in [0.1, 0.15) is 5.67 Å². The number of hydrogen-bond donors (Lipinski definition) is 1. The number of nitrogens with two attached hydrogens (primary N) is 1. The van der Waals surface area contributed by atoms with Gasteiger partial charge in [-0.1, -0.05) is 0 Å². The molecule has 19 heavy (non-hydrogen) atoms. The lowest BCUT2D eigenvalue weighted by Gasteiger charge is -2.42. The molecule has 2 heterocycles. The highest BCUT2D eigenvalue weighted by atomic mass is 19.1. The van der Waals surface area contributed by atoms with Crippen molar-refractivity contribution in [1.82, 2.24) is 14.7 Å². The summed E-state index contributed by atoms with van der Waals surface area (Å²) in [7, 11) is 0. The van der Waals surface area contributed by atoms with Gasteiger partial charge in [0.05, 0.1) is 24.5 Å². The number of carbonyl (C=O) groups excluding carboxylic acids is 1. The Morgan fingerprint density at radius 2 is 2.32 bits per heavy atom. The zero-order valence-electron chi connectivity index (χ0n) is 11.1. The standard InChI is InChI=1S/C13H19FN4O/c1-9-4-11-7-17(2-3-18(11)16-9)12(19)10-5-13(14,6-10)8-15/h4,10H,2-3,5-8,15H2,1H3. The maximum atomic E-state index is 13.7. The Hall–Kier alpha value is -1.43. The molecule has 0 saturated heterocycles. The maximum Gasteiger partial charge on any atom is 0.226 e. The van der Waals surface area contributed by atoms with Gasteiger partial charge in [0.15, 0.2) is 0 Å². The van der Waals surface area contributed by atoms with Crippen LogP contribution in [0.1, 0.15) is 24.2 Å². The Labute approximate surface area is 111 Å². The molecule has 1 amide bonds. The van der Waals surface area contributed by atoms with Gasteiger partial charge in [-0.2, -0.15) is 5.10 Å². The molecule has 1 aromatic rings. The van der Waals surface area contributed by atoms with Gasteiger partial charge in [-0.15, -0.1) is 0 Å². The molecule has 6 heteroatoms. The molecule has 1 aromatic heterocycles. The third-order valence-corrected chi connectivity index (χ3v) is 4.17. The van der Waals surface area contributed by atoms with Crippen LogP contribution in [0.4, 0.5) is 4.39 Å². The van der Waals surface area contributed by atoms with E-state index in [0.717, 1.165) is 17.9 Å². The van der Waals surface area contributed by atoms with Gasteiger partial charge in [0.2, 0.25) is 5.91 Å². The summed E-state index contributed by atoms with van der Waals surface area (Å²) in [5.41, 5.74) is 6.08. The van der Waals surface area contributed by atoms with Crippen molar-refractivity contribution in [3.63, 3.8) is 0 Å². The summed E-state index contributed by atoms with van der Waals surface area (Å²) in [6, 6.07) is 2.00. The lowest BCUT2D eigenvalue weighted by molar-refractivity contribution is -0.146. The second-order valence-electron chi connectivity index (χ2n) is 5.72. The highest BCUT2D eigenvalue weighted by molar-refractivity contribution is 5.80. The first kappa shape index (κ1) is 12.6. The van der Waals surface area contributed by atoms with E-state index in [9.17, 15) is 9.18 Å². The van der Waals surface area contributed by atoms with Crippen molar-refractivity contribution in [2.75, 3.05) is 13.1 Å². The fourth-order valence-electron chi connectivity index (χ4n) is 3.02. The minimum absolute atomic E-state index is 0.0166. The average molecular weight is 266 g/mol. The number of halogens is 1. The van der Waals surface area contributed by atoms with Crippen LogP contribution in [-0.4, -0.2) is 39.3 Å². The van der Waals surface area contributed by atoms with Crippen LogP contribution in [0.3, 0.4) is 0 Å². The van der Waals surface area contributed by atoms with Crippen molar-refractivity contribution in [3.8, 4) is 0 Å². The van der Waals surface area contributed by atoms with Crippen LogP contribution in [0.25, 0.3) is 0 Å². The van der Waals surface area contributed by atoms with Crippen LogP contribution in [-0.2, 0) is 17.9 Å². The number of aromatic nitrogens is 2. The van der Waals surface area contributed by atoms with Gasteiger partial charge in [-0.05, 0) is 25.8 Å². The van der Waals surface area contributed by atoms with E-state index >= 15 is 0 Å². The van der Waals surface area contributed by atoms with Crippen LogP contribution >= 0.6 is 0 Å². The molecule has 0 radical (unpaired) electrons. The van der Waals surface area contributed by atoms with Crippen molar-refractivity contribution in [2.24, 2.45) is 11.7 Å². The first-order valence-corrected chi connectivity index (χ1v) is 6.72. The Morgan fingerprint density at radius 1 is 1.58 bits per heavy atom. The number of alkyl halides is 1. The molecule has 1 aliphatic carbocycles. The van der Waals surface area contributed by atoms with E-state index in [1.165, 1.54) is 0 Å². The van der Waals surface area contributed by atoms with Gasteiger partial charge >= 0.3 is 0 Å². The fraction of sp³-hybridized carbons (Fsp3) is 0.692. The first-order chi connectivity index (χ1) is 9.00. The van der Waals surface area contributed by atoms with Crippen LogP contribution in [0.15, 0.2) is 6.07 Å². The quantitative estimate of drug-likeness (QED) is 0.853. The molecule has 104 valence electrons. The predicted molar refractivity (Wildman–Crippen MR) is 68.0 cm³/mol. The Balaban J connectivity index is 1.64. The lowest BCUT2D eigenvalue weighted by Crippen LogP contribution is -2.53. The molecule has 2 N–H and O–H groups in total. The Morgan fingerprint density at radius 3 is 3.00 bits per heavy atom. The summed E-state index contributed by atoms with van der Waals surface area (Å²) in [5, 5.41) is 4.36. The molecule has 5 nitrogen and oxygen atoms in total. The SMILES string of the molecule is Cc1cc2n(n1)CCN(C(=O)C1CC(F)(CN)C1)C2. The molecule has 1 aliphatic heterocycles. The molecule has 0 bridgehead atoms. The number of aryl methyl sites for hydroxylation is 1. The van der Waals surface area contributed by atoms with Crippen LogP contribution in [0.2, 0.25) is 0 Å². The molecule has 0 spiro atoms. The Bertz CT molecular complexity index is 507. The third kappa shape index (κ3) is 2.14. The number of fused-ring (bicyclic) bond motifs is 1. The molecule has 1 saturated carbocycles. The van der Waals surface area contributed by atoms with E-state index < -0.39 is 5.67 Å². The summed E-state index contributed by atoms with van der Waals surface area (Å²) in [6.07, 6.45) is 0.550. The number of amides is 1. The van der Waals surface area contributed by atoms with Crippen molar-refractivity contribution >= 4 is 5.91 Å². The topological polar surface area (TPSA) is 64.2 Å². The highest BCUT2D eigenvalue weighted by Gasteiger charge is 2.48. The first-order valence-electron chi connectivity index (χ1n) is 6.72. The summed E-state index contributed by atoms with van der Waals surface area (Å²) >= 11 is 0. The molecule has 2 aliphatic rings. The average Bonchev–Trinajstić information content (AvgIpc) is 2.73. The number of hydrogen-bond acceptors (Lipinski definition) is 3. The van der Waals surface area contributed by atoms with Crippen LogP contribution < -0.4 is 5.73 Å². The second-order valence-corrected chi connectivity index (χ2v) is 5.72. The Kier molecular flexibility index (Phi) is 2.85. The monoisotopic (exact) mass is 266 g/mol. The van der Waals surface area contributed by atoms with Crippen LogP contribution in [0, 0.1) is 12.8 Å². The molecule has 0 aromatic carbocycles. The van der Waals surface area contributed by atoms with Gasteiger partial charge in [-0.25, -0.2) is 4.39 Å². The van der Waals surface area contributed by atoms with E-state index in [2.05, 4.69) is 5.10 Å². The van der Waals surface area contributed by atoms with E-state index in [0.29, 0.717) is 13.1 Å². The van der Waals surface area contributed by atoms with E-state index in [1.54, 1.807) is 0 Å². The summed E-state index contributed by atoms with van der Waals surface area (Å²) in [6.45, 7) is 3.92. The molecular weight excluding hydrogens is 247 g/mol. The predicted octanol–water partition coefficient (Wildman–Crippen LogP) is 0.611. The molecule has 1 fully saturated rings. The largest absolute Gasteiger partial charge is 0.335 e. The summed E-state index contributed by atoms with van der Waals surface area (Å²) in [5.74, 6) is -0.129. The summed E-state index contributed by atoms with van der Waals surface area (Å²) < 4.78 is 15.7. The highest BCUT2D eigenvalue weighted by Crippen LogP contribution is 2.41. The van der Waals surface area contributed by atoms with E-state index in [4.69, 9.17) is 5.73 Å². The van der Waals surface area contributed by atoms with Gasteiger partial charge < -0.3 is 10.6 Å². The molecular formula is C13H19FN4O. The van der Waals surface area contributed by atoms with Crippen LogP contribution in [0.5, 0.6) is 0 Å². The molecule has 0 unspecified atom stereocenters. The van der Waals surface area contributed by atoms with Gasteiger partial charge in [0.25, 0.3) is 0 Å². The number of nitrogens with zero attached hydrogens (tertiary/aromatic N) is 3. The third-order valence-electron chi connectivity index (χ3n) is 4.17. The summed E-state index contributed by atoms with van der Waals surface area (Å²) in [4.78, 5) is 14.1. The second kappa shape index (κ2) is 4.30. The number of rotatable bonds is 2. The van der Waals surface area contributed by atoms with Crippen molar-refractivity contribution in [3.05, 3.63) is 17.5 Å². The molecule has 3 rings (SSSR count). The minimum atomic E-state index is -1.31. The van der Waals surface area contributed by atoms with Crippen molar-refractivity contribution in [1.29, 1.82) is 0 Å². The smallest absolute Gasteiger partial charge is 0.226 e. The zero-order valence-corrected chi connectivity index (χ0v) is 11.1. The number of carbonyl (C=O) groups is 1. The van der Waals surface area contributed by atoms with Crippen molar-refractivity contribution in [2.45, 2.75) is 38.5 Å². The van der Waals surface area contributed by atoms with E-state index in [-0.39, 0.29) is 31.2 Å². The lowest BCUT2D eigenvalue weighted by atomic mass is 9.71. The van der Waals surface area contributed by atoms with E-state index in [1.807, 2.05) is 22.6 Å². The van der Waals surface area contributed by atoms with Crippen molar-refractivity contribution < 1.29 is 9.18 Å². The normalized spacial score (nSPS) is 29.8. The molecule has 0 atom stereocenters. The zero-order chi connectivity index (χ0) is 13.6. The fourth-order valence-corrected chi connectivity index (χ4v) is 3.02. The van der Waals surface area contributed by atoms with Gasteiger partial charge in [0, 0.05) is 19.0 Å². The minimum Gasteiger partial charge on any atom is -0.335 e. The van der Waals surface area contributed by atoms with Gasteiger partial charge in [-0.3, -0.25) is 9.48 Å².